The highest BCUT2D eigenvalue weighted by Crippen LogP contribution is 2.27. The third-order valence-electron chi connectivity index (χ3n) is 2.96. The molecule has 0 spiro atoms. The van der Waals surface area contributed by atoms with E-state index in [9.17, 15) is 8.42 Å². The summed E-state index contributed by atoms with van der Waals surface area (Å²) in [5.74, 6) is 0.765. The average Bonchev–Trinajstić information content (AvgIpc) is 2.90. The predicted octanol–water partition coefficient (Wildman–Crippen LogP) is 0.299. The Kier molecular flexibility index (Phi) is 5.36. The molecule has 0 bridgehead atoms. The lowest BCUT2D eigenvalue weighted by Gasteiger charge is -2.08. The van der Waals surface area contributed by atoms with E-state index in [2.05, 4.69) is 4.72 Å². The first-order valence-corrected chi connectivity index (χ1v) is 8.06. The third kappa shape index (κ3) is 3.92. The van der Waals surface area contributed by atoms with Gasteiger partial charge in [0.25, 0.3) is 0 Å². The molecule has 2 N–H and O–H groups in total. The predicted molar refractivity (Wildman–Crippen MR) is 73.4 cm³/mol. The van der Waals surface area contributed by atoms with Crippen molar-refractivity contribution in [1.29, 1.82) is 0 Å². The summed E-state index contributed by atoms with van der Waals surface area (Å²) in [7, 11) is -3.49. The number of benzene rings is 1. The number of aliphatic hydroxyl groups excluding tert-OH is 1. The highest BCUT2D eigenvalue weighted by Gasteiger charge is 2.18. The highest BCUT2D eigenvalue weighted by atomic mass is 32.2. The largest absolute Gasteiger partial charge is 0.493 e. The summed E-state index contributed by atoms with van der Waals surface area (Å²) in [6.07, 6.45) is 1.31. The minimum atomic E-state index is -3.49. The van der Waals surface area contributed by atoms with Crippen molar-refractivity contribution in [3.63, 3.8) is 0 Å². The molecule has 1 aromatic rings. The van der Waals surface area contributed by atoms with E-state index in [1.807, 2.05) is 0 Å². The number of rotatable bonds is 8. The van der Waals surface area contributed by atoms with Gasteiger partial charge in [0.05, 0.1) is 24.7 Å². The minimum absolute atomic E-state index is 0.0249. The molecule has 112 valence electrons. The summed E-state index contributed by atoms with van der Waals surface area (Å²) in [5, 5.41) is 8.53. The normalized spacial score (nSPS) is 14.1. The van der Waals surface area contributed by atoms with Gasteiger partial charge in [0.1, 0.15) is 5.75 Å². The van der Waals surface area contributed by atoms with Crippen LogP contribution in [0.25, 0.3) is 0 Å². The molecule has 1 aromatic carbocycles. The van der Waals surface area contributed by atoms with E-state index in [0.717, 1.165) is 17.7 Å². The van der Waals surface area contributed by atoms with Crippen molar-refractivity contribution >= 4 is 10.0 Å². The fourth-order valence-corrected chi connectivity index (χ4v) is 3.09. The Labute approximate surface area is 118 Å². The molecule has 2 rings (SSSR count). The van der Waals surface area contributed by atoms with E-state index in [-0.39, 0.29) is 18.1 Å². The Morgan fingerprint density at radius 1 is 1.35 bits per heavy atom. The summed E-state index contributed by atoms with van der Waals surface area (Å²) in [4.78, 5) is 0.262. The molecular weight excluding hydrogens is 282 g/mol. The van der Waals surface area contributed by atoms with Crippen molar-refractivity contribution in [2.45, 2.75) is 17.7 Å². The fraction of sp³-hybridized carbons (Fsp3) is 0.538. The summed E-state index contributed by atoms with van der Waals surface area (Å²) in [5.41, 5.74) is 0.930. The van der Waals surface area contributed by atoms with Gasteiger partial charge in [0.2, 0.25) is 10.0 Å². The van der Waals surface area contributed by atoms with Gasteiger partial charge in [0.15, 0.2) is 0 Å². The first-order valence-electron chi connectivity index (χ1n) is 6.57. The van der Waals surface area contributed by atoms with Crippen LogP contribution in [-0.4, -0.2) is 46.5 Å². The van der Waals surface area contributed by atoms with Crippen LogP contribution in [0.5, 0.6) is 5.75 Å². The van der Waals surface area contributed by atoms with Crippen LogP contribution in [0.1, 0.15) is 12.0 Å². The molecule has 1 aliphatic rings. The Balaban J connectivity index is 1.87. The summed E-state index contributed by atoms with van der Waals surface area (Å²) in [6.45, 7) is 1.58. The zero-order valence-electron chi connectivity index (χ0n) is 11.2. The van der Waals surface area contributed by atoms with Gasteiger partial charge in [-0.05, 0) is 30.2 Å². The second-order valence-corrected chi connectivity index (χ2v) is 6.22. The van der Waals surface area contributed by atoms with Crippen molar-refractivity contribution < 1.29 is 23.0 Å². The van der Waals surface area contributed by atoms with Crippen LogP contribution in [-0.2, 0) is 21.2 Å². The summed E-state index contributed by atoms with van der Waals surface area (Å²) in [6, 6.07) is 4.91. The number of hydrogen-bond donors (Lipinski definition) is 2. The molecule has 0 unspecified atom stereocenters. The molecule has 0 saturated carbocycles. The molecule has 20 heavy (non-hydrogen) atoms. The van der Waals surface area contributed by atoms with E-state index in [1.165, 1.54) is 0 Å². The molecule has 0 saturated heterocycles. The first kappa shape index (κ1) is 15.2. The molecule has 0 radical (unpaired) electrons. The van der Waals surface area contributed by atoms with E-state index in [0.29, 0.717) is 26.2 Å². The SMILES string of the molecule is O=S(=O)(NCCCOCCO)c1ccc2c(c1)CCO2. The van der Waals surface area contributed by atoms with Crippen LogP contribution in [0, 0.1) is 0 Å². The lowest BCUT2D eigenvalue weighted by atomic mass is 10.2. The molecule has 0 aromatic heterocycles. The van der Waals surface area contributed by atoms with Crippen molar-refractivity contribution in [3.05, 3.63) is 23.8 Å². The zero-order chi connectivity index (χ0) is 14.4. The van der Waals surface area contributed by atoms with Gasteiger partial charge < -0.3 is 14.6 Å². The molecule has 7 heteroatoms. The molecule has 0 atom stereocenters. The number of nitrogens with one attached hydrogen (secondary N) is 1. The minimum Gasteiger partial charge on any atom is -0.493 e. The molecule has 6 nitrogen and oxygen atoms in total. The first-order chi connectivity index (χ1) is 9.63. The average molecular weight is 301 g/mol. The van der Waals surface area contributed by atoms with Crippen LogP contribution in [0.3, 0.4) is 0 Å². The topological polar surface area (TPSA) is 84.9 Å². The van der Waals surface area contributed by atoms with E-state index in [1.54, 1.807) is 18.2 Å². The van der Waals surface area contributed by atoms with Gasteiger partial charge in [-0.25, -0.2) is 13.1 Å². The maximum absolute atomic E-state index is 12.1. The number of ether oxygens (including phenoxy) is 2. The van der Waals surface area contributed by atoms with Gasteiger partial charge in [-0.3, -0.25) is 0 Å². The molecule has 0 amide bonds. The number of sulfonamides is 1. The lowest BCUT2D eigenvalue weighted by Crippen LogP contribution is -2.25. The Hall–Kier alpha value is -1.15. The van der Waals surface area contributed by atoms with Crippen LogP contribution in [0.2, 0.25) is 0 Å². The molecule has 0 aliphatic carbocycles. The van der Waals surface area contributed by atoms with Gasteiger partial charge >= 0.3 is 0 Å². The smallest absolute Gasteiger partial charge is 0.240 e. The highest BCUT2D eigenvalue weighted by molar-refractivity contribution is 7.89. The Morgan fingerprint density at radius 2 is 2.20 bits per heavy atom. The lowest BCUT2D eigenvalue weighted by molar-refractivity contribution is 0.0913. The van der Waals surface area contributed by atoms with Crippen molar-refractivity contribution in [2.75, 3.05) is 33.0 Å². The molecular formula is C13H19NO5S. The monoisotopic (exact) mass is 301 g/mol. The number of hydrogen-bond acceptors (Lipinski definition) is 5. The van der Waals surface area contributed by atoms with Crippen molar-refractivity contribution in [1.82, 2.24) is 4.72 Å². The van der Waals surface area contributed by atoms with Gasteiger partial charge in [-0.15, -0.1) is 0 Å². The van der Waals surface area contributed by atoms with Crippen LogP contribution in [0.4, 0.5) is 0 Å². The summed E-state index contributed by atoms with van der Waals surface area (Å²) < 4.78 is 37.1. The third-order valence-corrected chi connectivity index (χ3v) is 4.42. The van der Waals surface area contributed by atoms with Crippen LogP contribution < -0.4 is 9.46 Å². The number of aliphatic hydroxyl groups is 1. The molecule has 1 aliphatic heterocycles. The van der Waals surface area contributed by atoms with E-state index < -0.39 is 10.0 Å². The molecule has 1 heterocycles. The second-order valence-electron chi connectivity index (χ2n) is 4.46. The van der Waals surface area contributed by atoms with Crippen LogP contribution in [0.15, 0.2) is 23.1 Å². The number of fused-ring (bicyclic) bond motifs is 1. The van der Waals surface area contributed by atoms with Crippen LogP contribution >= 0.6 is 0 Å². The van der Waals surface area contributed by atoms with Crippen molar-refractivity contribution in [3.8, 4) is 5.75 Å². The Bertz CT molecular complexity index is 544. The maximum Gasteiger partial charge on any atom is 0.240 e. The quantitative estimate of drug-likeness (QED) is 0.675. The van der Waals surface area contributed by atoms with Gasteiger partial charge in [-0.2, -0.15) is 0 Å². The van der Waals surface area contributed by atoms with E-state index >= 15 is 0 Å². The van der Waals surface area contributed by atoms with Crippen molar-refractivity contribution in [2.24, 2.45) is 0 Å². The fourth-order valence-electron chi connectivity index (χ4n) is 1.96. The van der Waals surface area contributed by atoms with Gasteiger partial charge in [-0.1, -0.05) is 0 Å². The summed E-state index contributed by atoms with van der Waals surface area (Å²) >= 11 is 0. The Morgan fingerprint density at radius 3 is 3.00 bits per heavy atom. The second kappa shape index (κ2) is 7.03. The molecule has 0 fully saturated rings. The van der Waals surface area contributed by atoms with E-state index in [4.69, 9.17) is 14.6 Å². The van der Waals surface area contributed by atoms with Gasteiger partial charge in [0, 0.05) is 19.6 Å². The zero-order valence-corrected chi connectivity index (χ0v) is 12.0. The standard InChI is InChI=1S/C13H19NO5S/c15-6-9-18-7-1-5-14-20(16,17)12-2-3-13-11(10-12)4-8-19-13/h2-3,10,14-15H,1,4-9H2. The maximum atomic E-state index is 12.1.